The van der Waals surface area contributed by atoms with Crippen LogP contribution in [0.1, 0.15) is 35.1 Å². The molecule has 15 heteroatoms. The number of nitrogens with two attached hydrogens (primary N) is 1. The van der Waals surface area contributed by atoms with Crippen molar-refractivity contribution in [2.75, 3.05) is 26.7 Å². The molecule has 1 aromatic heterocycles. The smallest absolute Gasteiger partial charge is 0.369 e. The lowest BCUT2D eigenvalue weighted by molar-refractivity contribution is -0.143. The predicted molar refractivity (Wildman–Crippen MR) is 150 cm³/mol. The first-order chi connectivity index (χ1) is 20.2. The van der Waals surface area contributed by atoms with Gasteiger partial charge in [0.2, 0.25) is 5.91 Å². The van der Waals surface area contributed by atoms with Crippen LogP contribution in [0.5, 0.6) is 0 Å². The summed E-state index contributed by atoms with van der Waals surface area (Å²) in [7, 11) is 1.87. The molecule has 228 valence electrons. The third kappa shape index (κ3) is 6.88. The Balaban J connectivity index is 1.29. The highest BCUT2D eigenvalue weighted by atomic mass is 32.2. The molecular weight excluding hydrogens is 598 g/mol. The van der Waals surface area contributed by atoms with Crippen LogP contribution in [-0.4, -0.2) is 69.3 Å². The van der Waals surface area contributed by atoms with Gasteiger partial charge in [0.25, 0.3) is 5.91 Å². The molecular formula is C28H26F6N6O2S. The second-order valence-electron chi connectivity index (χ2n) is 10.4. The van der Waals surface area contributed by atoms with Gasteiger partial charge in [-0.25, -0.2) is 0 Å². The molecule has 0 radical (unpaired) electrons. The molecule has 0 aliphatic carbocycles. The molecule has 0 spiro atoms. The van der Waals surface area contributed by atoms with Crippen molar-refractivity contribution < 1.29 is 35.9 Å². The number of carbonyl (C=O) groups excluding carboxylic acids is 2. The number of carbonyl (C=O) groups is 2. The summed E-state index contributed by atoms with van der Waals surface area (Å²) in [5.74, 6) is -0.765. The highest BCUT2D eigenvalue weighted by Crippen LogP contribution is 2.38. The van der Waals surface area contributed by atoms with Gasteiger partial charge in [-0.2, -0.15) is 36.4 Å². The van der Waals surface area contributed by atoms with E-state index in [2.05, 4.69) is 10.1 Å². The molecule has 0 bridgehead atoms. The number of likely N-dealkylation sites (tertiary alicyclic amines) is 1. The van der Waals surface area contributed by atoms with Crippen LogP contribution in [0.15, 0.2) is 52.5 Å². The number of primary amides is 1. The van der Waals surface area contributed by atoms with Crippen molar-refractivity contribution in [2.24, 2.45) is 10.7 Å². The first kappa shape index (κ1) is 30.6. The Kier molecular flexibility index (Phi) is 8.31. The fraction of sp³-hybridized carbons (Fsp3) is 0.357. The molecule has 1 saturated heterocycles. The van der Waals surface area contributed by atoms with E-state index in [1.807, 2.05) is 16.8 Å². The lowest BCUT2D eigenvalue weighted by Crippen LogP contribution is -2.46. The number of hydrogen-bond acceptors (Lipinski definition) is 6. The minimum Gasteiger partial charge on any atom is -0.369 e. The van der Waals surface area contributed by atoms with Crippen LogP contribution in [0.3, 0.4) is 0 Å². The van der Waals surface area contributed by atoms with E-state index in [4.69, 9.17) is 5.73 Å². The number of amides is 2. The highest BCUT2D eigenvalue weighted by Gasteiger charge is 2.38. The van der Waals surface area contributed by atoms with Gasteiger partial charge < -0.3 is 10.6 Å². The van der Waals surface area contributed by atoms with Gasteiger partial charge in [0.15, 0.2) is 5.17 Å². The number of rotatable bonds is 6. The van der Waals surface area contributed by atoms with Gasteiger partial charge in [-0.1, -0.05) is 12.1 Å². The minimum absolute atomic E-state index is 0.113. The summed E-state index contributed by atoms with van der Waals surface area (Å²) in [6.45, 7) is 1.23. The summed E-state index contributed by atoms with van der Waals surface area (Å²) in [6.07, 6.45) is -5.21. The van der Waals surface area contributed by atoms with Crippen molar-refractivity contribution in [3.63, 3.8) is 0 Å². The SMILES string of the molecule is CN(C1=NC(=O)/C(=C\c2ccc3c(cnn3Cc3ccc(C(F)(F)F)cc3C(F)(F)F)c2)S1)C1CCN(CC(N)=O)CC1. The zero-order valence-corrected chi connectivity index (χ0v) is 23.6. The zero-order valence-electron chi connectivity index (χ0n) is 22.7. The maximum absolute atomic E-state index is 13.6. The maximum Gasteiger partial charge on any atom is 0.416 e. The van der Waals surface area contributed by atoms with Gasteiger partial charge in [-0.05, 0) is 66.1 Å². The average molecular weight is 625 g/mol. The van der Waals surface area contributed by atoms with Gasteiger partial charge in [0.1, 0.15) is 0 Å². The van der Waals surface area contributed by atoms with Gasteiger partial charge >= 0.3 is 12.4 Å². The molecule has 2 aliphatic rings. The Labute approximate surface area is 246 Å². The summed E-state index contributed by atoms with van der Waals surface area (Å²) in [5.41, 5.74) is 3.29. The summed E-state index contributed by atoms with van der Waals surface area (Å²) in [4.78, 5) is 32.4. The number of fused-ring (bicyclic) bond motifs is 1. The molecule has 0 atom stereocenters. The Morgan fingerprint density at radius 3 is 2.47 bits per heavy atom. The fourth-order valence-electron chi connectivity index (χ4n) is 5.18. The summed E-state index contributed by atoms with van der Waals surface area (Å²) < 4.78 is 81.2. The van der Waals surface area contributed by atoms with Crippen LogP contribution in [0.4, 0.5) is 26.3 Å². The van der Waals surface area contributed by atoms with Crippen LogP contribution < -0.4 is 5.73 Å². The first-order valence-corrected chi connectivity index (χ1v) is 14.0. The summed E-state index contributed by atoms with van der Waals surface area (Å²) in [5, 5.41) is 5.30. The van der Waals surface area contributed by atoms with Crippen LogP contribution in [-0.2, 0) is 28.5 Å². The Morgan fingerprint density at radius 1 is 1.09 bits per heavy atom. The third-order valence-electron chi connectivity index (χ3n) is 7.42. The third-order valence-corrected chi connectivity index (χ3v) is 8.50. The summed E-state index contributed by atoms with van der Waals surface area (Å²) in [6, 6.07) is 6.72. The van der Waals surface area contributed by atoms with E-state index in [1.54, 1.807) is 24.3 Å². The van der Waals surface area contributed by atoms with E-state index in [0.29, 0.717) is 45.7 Å². The number of benzene rings is 2. The molecule has 3 heterocycles. The molecule has 5 rings (SSSR count). The molecule has 2 aromatic carbocycles. The van der Waals surface area contributed by atoms with E-state index < -0.39 is 35.9 Å². The lowest BCUT2D eigenvalue weighted by atomic mass is 10.0. The molecule has 0 saturated carbocycles. The van der Waals surface area contributed by atoms with Crippen LogP contribution in [0.25, 0.3) is 17.0 Å². The van der Waals surface area contributed by atoms with Gasteiger partial charge in [-0.15, -0.1) is 0 Å². The van der Waals surface area contributed by atoms with Crippen molar-refractivity contribution in [1.29, 1.82) is 0 Å². The minimum atomic E-state index is -4.98. The van der Waals surface area contributed by atoms with Crippen LogP contribution in [0.2, 0.25) is 0 Å². The number of aromatic nitrogens is 2. The van der Waals surface area contributed by atoms with Crippen LogP contribution >= 0.6 is 11.8 Å². The molecule has 8 nitrogen and oxygen atoms in total. The number of halogens is 6. The molecule has 2 amide bonds. The molecule has 1 fully saturated rings. The van der Waals surface area contributed by atoms with E-state index in [9.17, 15) is 35.9 Å². The Morgan fingerprint density at radius 2 is 1.81 bits per heavy atom. The van der Waals surface area contributed by atoms with E-state index in [1.165, 1.54) is 22.6 Å². The van der Waals surface area contributed by atoms with Crippen molar-refractivity contribution in [1.82, 2.24) is 19.6 Å². The van der Waals surface area contributed by atoms with E-state index in [-0.39, 0.29) is 30.1 Å². The zero-order chi connectivity index (χ0) is 31.1. The van der Waals surface area contributed by atoms with Gasteiger partial charge in [0, 0.05) is 31.6 Å². The number of thioether (sulfide) groups is 1. The lowest BCUT2D eigenvalue weighted by Gasteiger charge is -2.36. The average Bonchev–Trinajstić information content (AvgIpc) is 3.50. The number of aliphatic imine (C=N–C) groups is 1. The monoisotopic (exact) mass is 624 g/mol. The maximum atomic E-state index is 13.6. The topological polar surface area (TPSA) is 96.8 Å². The number of hydrogen-bond donors (Lipinski definition) is 1. The molecule has 43 heavy (non-hydrogen) atoms. The second kappa shape index (κ2) is 11.7. The van der Waals surface area contributed by atoms with E-state index >= 15 is 0 Å². The molecule has 2 N–H and O–H groups in total. The highest BCUT2D eigenvalue weighted by molar-refractivity contribution is 8.18. The molecule has 2 aliphatic heterocycles. The second-order valence-corrected chi connectivity index (χ2v) is 11.4. The van der Waals surface area contributed by atoms with Gasteiger partial charge in [-0.3, -0.25) is 19.2 Å². The van der Waals surface area contributed by atoms with Gasteiger partial charge in [0.05, 0.1) is 40.8 Å². The quantitative estimate of drug-likeness (QED) is 0.307. The van der Waals surface area contributed by atoms with Crippen molar-refractivity contribution in [3.8, 4) is 0 Å². The number of alkyl halides is 6. The normalized spacial score (nSPS) is 18.1. The number of piperidine rings is 1. The van der Waals surface area contributed by atoms with Crippen molar-refractivity contribution in [2.45, 2.75) is 37.8 Å². The largest absolute Gasteiger partial charge is 0.416 e. The predicted octanol–water partition coefficient (Wildman–Crippen LogP) is 4.97. The van der Waals surface area contributed by atoms with E-state index in [0.717, 1.165) is 18.9 Å². The number of amidine groups is 1. The Bertz CT molecular complexity index is 1620. The molecule has 3 aromatic rings. The summed E-state index contributed by atoms with van der Waals surface area (Å²) >= 11 is 1.24. The molecule has 0 unspecified atom stereocenters. The fourth-order valence-corrected chi connectivity index (χ4v) is 6.13. The standard InChI is InChI=1S/C28H26F6N6O2S/c1-38(20-6-8-39(9-7-20)15-24(35)41)26-37-25(42)23(43-26)11-16-2-5-22-18(10-16)13-36-40(22)14-17-3-4-19(27(29,30)31)12-21(17)28(32,33)34/h2-5,10-13,20H,6-9,14-15H2,1H3,(H2,35,41)/b23-11+. The van der Waals surface area contributed by atoms with Crippen molar-refractivity contribution in [3.05, 3.63) is 69.8 Å². The van der Waals surface area contributed by atoms with Crippen LogP contribution in [0, 0.1) is 0 Å². The Hall–Kier alpha value is -3.85. The van der Waals surface area contributed by atoms with Crippen molar-refractivity contribution >= 4 is 45.7 Å². The first-order valence-electron chi connectivity index (χ1n) is 13.2. The number of nitrogens with zero attached hydrogens (tertiary/aromatic N) is 5.